The molecule has 0 radical (unpaired) electrons. The van der Waals surface area contributed by atoms with Crippen LogP contribution in [0.2, 0.25) is 0 Å². The maximum absolute atomic E-state index is 10.7. The lowest BCUT2D eigenvalue weighted by atomic mass is 10.2. The monoisotopic (exact) mass is 203 g/mol. The molecule has 2 aromatic rings. The van der Waals surface area contributed by atoms with Gasteiger partial charge >= 0.3 is 5.97 Å². The van der Waals surface area contributed by atoms with Crippen molar-refractivity contribution in [2.24, 2.45) is 0 Å². The first kappa shape index (κ1) is 8.40. The number of carbonyl (C=O) groups is 1. The van der Waals surface area contributed by atoms with Crippen LogP contribution in [0.15, 0.2) is 12.4 Å². The molecule has 0 aliphatic heterocycles. The van der Waals surface area contributed by atoms with E-state index in [9.17, 15) is 4.79 Å². The quantitative estimate of drug-likeness (QED) is 0.748. The van der Waals surface area contributed by atoms with Gasteiger partial charge in [0, 0.05) is 18.0 Å². The highest BCUT2D eigenvalue weighted by atomic mass is 16.4. The van der Waals surface area contributed by atoms with Crippen LogP contribution < -0.4 is 0 Å². The average Bonchev–Trinajstić information content (AvgIpc) is 2.75. The maximum atomic E-state index is 10.7. The number of nitrogens with zero attached hydrogens (tertiary/aromatic N) is 3. The van der Waals surface area contributed by atoms with E-state index in [-0.39, 0.29) is 5.56 Å². The number of aryl methyl sites for hydroxylation is 2. The van der Waals surface area contributed by atoms with E-state index in [2.05, 4.69) is 10.1 Å². The number of aromatic nitrogens is 3. The normalized spacial score (nSPS) is 14.4. The lowest BCUT2D eigenvalue weighted by Gasteiger charge is -1.96. The molecule has 3 rings (SSSR count). The molecule has 5 heteroatoms. The second kappa shape index (κ2) is 2.79. The van der Waals surface area contributed by atoms with E-state index in [1.165, 1.54) is 18.0 Å². The van der Waals surface area contributed by atoms with Gasteiger partial charge in [-0.2, -0.15) is 5.10 Å². The number of hydrogen-bond donors (Lipinski definition) is 1. The van der Waals surface area contributed by atoms with Crippen LogP contribution >= 0.6 is 0 Å². The summed E-state index contributed by atoms with van der Waals surface area (Å²) in [5.41, 5.74) is 3.20. The predicted octanol–water partition coefficient (Wildman–Crippen LogP) is 0.916. The van der Waals surface area contributed by atoms with Crippen molar-refractivity contribution < 1.29 is 9.90 Å². The summed E-state index contributed by atoms with van der Waals surface area (Å²) < 4.78 is 1.58. The first-order valence-electron chi connectivity index (χ1n) is 4.85. The van der Waals surface area contributed by atoms with Gasteiger partial charge in [0.05, 0.1) is 11.3 Å². The number of fused-ring (bicyclic) bond motifs is 3. The second-order valence-electron chi connectivity index (χ2n) is 3.69. The average molecular weight is 203 g/mol. The molecule has 0 spiro atoms. The molecule has 15 heavy (non-hydrogen) atoms. The zero-order valence-corrected chi connectivity index (χ0v) is 7.97. The van der Waals surface area contributed by atoms with Crippen LogP contribution in [0.3, 0.4) is 0 Å². The van der Waals surface area contributed by atoms with Crippen LogP contribution in [0.5, 0.6) is 0 Å². The van der Waals surface area contributed by atoms with Crippen LogP contribution in [0, 0.1) is 0 Å². The molecule has 5 nitrogen and oxygen atoms in total. The van der Waals surface area contributed by atoms with E-state index in [0.717, 1.165) is 30.6 Å². The van der Waals surface area contributed by atoms with Gasteiger partial charge < -0.3 is 5.11 Å². The van der Waals surface area contributed by atoms with E-state index in [0.29, 0.717) is 0 Å². The van der Waals surface area contributed by atoms with Crippen molar-refractivity contribution in [1.82, 2.24) is 14.6 Å². The van der Waals surface area contributed by atoms with Crippen LogP contribution in [0.25, 0.3) is 5.65 Å². The third-order valence-electron chi connectivity index (χ3n) is 2.74. The van der Waals surface area contributed by atoms with Crippen molar-refractivity contribution in [3.8, 4) is 0 Å². The Hall–Kier alpha value is -1.91. The van der Waals surface area contributed by atoms with E-state index in [1.807, 2.05) is 0 Å². The minimum Gasteiger partial charge on any atom is -0.478 e. The van der Waals surface area contributed by atoms with Crippen LogP contribution in [0.4, 0.5) is 0 Å². The number of aromatic carboxylic acids is 1. The molecular formula is C10H9N3O2. The van der Waals surface area contributed by atoms with Gasteiger partial charge in [0.1, 0.15) is 0 Å². The molecule has 0 aromatic carbocycles. The Balaban J connectivity index is 2.26. The van der Waals surface area contributed by atoms with Gasteiger partial charge in [0.15, 0.2) is 5.65 Å². The summed E-state index contributed by atoms with van der Waals surface area (Å²) in [6.07, 6.45) is 6.00. The molecule has 0 amide bonds. The third-order valence-corrected chi connectivity index (χ3v) is 2.74. The van der Waals surface area contributed by atoms with E-state index < -0.39 is 5.97 Å². The van der Waals surface area contributed by atoms with Gasteiger partial charge in [0.25, 0.3) is 0 Å². The molecule has 0 bridgehead atoms. The fraction of sp³-hybridized carbons (Fsp3) is 0.300. The fourth-order valence-corrected chi connectivity index (χ4v) is 2.03. The highest BCUT2D eigenvalue weighted by Gasteiger charge is 2.19. The van der Waals surface area contributed by atoms with Gasteiger partial charge in [-0.15, -0.1) is 0 Å². The zero-order chi connectivity index (χ0) is 10.4. The molecule has 1 aliphatic rings. The highest BCUT2D eigenvalue weighted by Crippen LogP contribution is 2.24. The molecule has 1 N–H and O–H groups in total. The Morgan fingerprint density at radius 3 is 3.13 bits per heavy atom. The summed E-state index contributed by atoms with van der Waals surface area (Å²) >= 11 is 0. The minimum absolute atomic E-state index is 0.170. The topological polar surface area (TPSA) is 67.5 Å². The SMILES string of the molecule is O=C(O)c1cnc2c3c(nn2c1)CCC3. The third kappa shape index (κ3) is 1.12. The Morgan fingerprint density at radius 2 is 2.33 bits per heavy atom. The van der Waals surface area contributed by atoms with Gasteiger partial charge in [0.2, 0.25) is 0 Å². The molecule has 0 saturated carbocycles. The highest BCUT2D eigenvalue weighted by molar-refractivity contribution is 5.87. The molecule has 0 saturated heterocycles. The summed E-state index contributed by atoms with van der Waals surface area (Å²) in [5.74, 6) is -0.972. The molecule has 76 valence electrons. The summed E-state index contributed by atoms with van der Waals surface area (Å²) in [7, 11) is 0. The summed E-state index contributed by atoms with van der Waals surface area (Å²) in [4.78, 5) is 14.9. The molecule has 2 heterocycles. The number of rotatable bonds is 1. The summed E-state index contributed by atoms with van der Waals surface area (Å²) in [6, 6.07) is 0. The zero-order valence-electron chi connectivity index (χ0n) is 7.97. The molecular weight excluding hydrogens is 194 g/mol. The lowest BCUT2D eigenvalue weighted by Crippen LogP contribution is -2.01. The first-order valence-corrected chi connectivity index (χ1v) is 4.85. The van der Waals surface area contributed by atoms with Crippen LogP contribution in [-0.4, -0.2) is 25.7 Å². The number of hydrogen-bond acceptors (Lipinski definition) is 3. The summed E-state index contributed by atoms with van der Waals surface area (Å²) in [5, 5.41) is 13.1. The second-order valence-corrected chi connectivity index (χ2v) is 3.69. The van der Waals surface area contributed by atoms with E-state index in [1.54, 1.807) is 4.52 Å². The number of carboxylic acid groups (broad SMARTS) is 1. The van der Waals surface area contributed by atoms with Crippen molar-refractivity contribution in [1.29, 1.82) is 0 Å². The van der Waals surface area contributed by atoms with E-state index >= 15 is 0 Å². The van der Waals surface area contributed by atoms with Crippen molar-refractivity contribution in [2.75, 3.05) is 0 Å². The molecule has 0 unspecified atom stereocenters. The predicted molar refractivity (Wildman–Crippen MR) is 52.0 cm³/mol. The Kier molecular flexibility index (Phi) is 1.56. The maximum Gasteiger partial charge on any atom is 0.338 e. The van der Waals surface area contributed by atoms with Crippen molar-refractivity contribution in [2.45, 2.75) is 19.3 Å². The molecule has 0 fully saturated rings. The van der Waals surface area contributed by atoms with E-state index in [4.69, 9.17) is 5.11 Å². The lowest BCUT2D eigenvalue weighted by molar-refractivity contribution is 0.0695. The van der Waals surface area contributed by atoms with Crippen LogP contribution in [-0.2, 0) is 12.8 Å². The fourth-order valence-electron chi connectivity index (χ4n) is 2.03. The number of carboxylic acids is 1. The largest absolute Gasteiger partial charge is 0.478 e. The van der Waals surface area contributed by atoms with Gasteiger partial charge in [-0.25, -0.2) is 14.3 Å². The Bertz CT molecular complexity index is 559. The van der Waals surface area contributed by atoms with Crippen molar-refractivity contribution >= 4 is 11.6 Å². The first-order chi connectivity index (χ1) is 7.25. The van der Waals surface area contributed by atoms with Crippen molar-refractivity contribution in [3.63, 3.8) is 0 Å². The molecule has 1 aliphatic carbocycles. The Labute approximate surface area is 85.4 Å². The molecule has 2 aromatic heterocycles. The minimum atomic E-state index is -0.972. The van der Waals surface area contributed by atoms with Crippen LogP contribution in [0.1, 0.15) is 28.0 Å². The standard InChI is InChI=1S/C10H9N3O2/c14-10(15)6-4-11-9-7-2-1-3-8(7)12-13(9)5-6/h4-5H,1-3H2,(H,14,15). The van der Waals surface area contributed by atoms with Gasteiger partial charge in [-0.3, -0.25) is 0 Å². The van der Waals surface area contributed by atoms with Crippen molar-refractivity contribution in [3.05, 3.63) is 29.2 Å². The smallest absolute Gasteiger partial charge is 0.338 e. The summed E-state index contributed by atoms with van der Waals surface area (Å²) in [6.45, 7) is 0. The van der Waals surface area contributed by atoms with Gasteiger partial charge in [-0.05, 0) is 19.3 Å². The Morgan fingerprint density at radius 1 is 1.47 bits per heavy atom. The van der Waals surface area contributed by atoms with Gasteiger partial charge in [-0.1, -0.05) is 0 Å². The molecule has 0 atom stereocenters.